The van der Waals surface area contributed by atoms with Gasteiger partial charge in [0.05, 0.1) is 45.7 Å². The first-order valence-corrected chi connectivity index (χ1v) is 7.53. The molecule has 0 saturated carbocycles. The van der Waals surface area contributed by atoms with E-state index < -0.39 is 0 Å². The van der Waals surface area contributed by atoms with Crippen molar-refractivity contribution in [1.82, 2.24) is 0 Å². The molecule has 0 atom stereocenters. The fraction of sp³-hybridized carbons (Fsp3) is 0.333. The second kappa shape index (κ2) is 7.71. The molecule has 2 rings (SSSR count). The lowest BCUT2D eigenvalue weighted by atomic mass is 10.3. The highest BCUT2D eigenvalue weighted by molar-refractivity contribution is 5.42. The van der Waals surface area contributed by atoms with Crippen molar-refractivity contribution in [2.45, 2.75) is 6.42 Å². The van der Waals surface area contributed by atoms with E-state index in [0.717, 1.165) is 41.2 Å². The number of azo groups is 1. The first kappa shape index (κ1) is 16.2. The molecule has 0 bridgehead atoms. The van der Waals surface area contributed by atoms with Crippen molar-refractivity contribution in [1.29, 1.82) is 0 Å². The van der Waals surface area contributed by atoms with Crippen molar-refractivity contribution < 1.29 is 9.22 Å². The number of rotatable bonds is 7. The zero-order chi connectivity index (χ0) is 15.8. The molecule has 116 valence electrons. The number of hydrogen-bond acceptors (Lipinski definition) is 3. The topological polar surface area (TPSA) is 34.0 Å². The quantitative estimate of drug-likeness (QED) is 0.418. The van der Waals surface area contributed by atoms with Gasteiger partial charge in [-0.25, -0.2) is 0 Å². The van der Waals surface area contributed by atoms with E-state index in [-0.39, 0.29) is 0 Å². The van der Waals surface area contributed by atoms with E-state index in [1.165, 1.54) is 0 Å². The van der Waals surface area contributed by atoms with Gasteiger partial charge in [0.25, 0.3) is 0 Å². The van der Waals surface area contributed by atoms with Crippen LogP contribution in [-0.2, 0) is 0 Å². The van der Waals surface area contributed by atoms with Crippen LogP contribution in [0.1, 0.15) is 6.42 Å². The number of hydrogen-bond donors (Lipinski definition) is 0. The van der Waals surface area contributed by atoms with Crippen LogP contribution in [0.4, 0.5) is 11.4 Å². The third kappa shape index (κ3) is 6.06. The molecule has 0 aliphatic rings. The van der Waals surface area contributed by atoms with E-state index in [4.69, 9.17) is 4.74 Å². The predicted octanol–water partition coefficient (Wildman–Crippen LogP) is 4.58. The Kier molecular flexibility index (Phi) is 5.67. The average molecular weight is 298 g/mol. The Labute approximate surface area is 132 Å². The van der Waals surface area contributed by atoms with Crippen molar-refractivity contribution in [3.8, 4) is 5.75 Å². The van der Waals surface area contributed by atoms with Crippen molar-refractivity contribution >= 4 is 11.4 Å². The third-order valence-electron chi connectivity index (χ3n) is 3.12. The van der Waals surface area contributed by atoms with Gasteiger partial charge < -0.3 is 9.22 Å². The van der Waals surface area contributed by atoms with E-state index in [1.54, 1.807) is 0 Å². The average Bonchev–Trinajstić information content (AvgIpc) is 2.51. The molecule has 0 fully saturated rings. The molecular weight excluding hydrogens is 274 g/mol. The SMILES string of the molecule is C[N+](C)(C)CCCOc1ccc(N=Nc2ccccc2)cc1. The minimum absolute atomic E-state index is 0.737. The monoisotopic (exact) mass is 298 g/mol. The molecule has 0 aromatic heterocycles. The Morgan fingerprint density at radius 1 is 0.818 bits per heavy atom. The van der Waals surface area contributed by atoms with E-state index in [0.29, 0.717) is 0 Å². The van der Waals surface area contributed by atoms with Gasteiger partial charge in [0.15, 0.2) is 0 Å². The van der Waals surface area contributed by atoms with Gasteiger partial charge >= 0.3 is 0 Å². The molecule has 0 saturated heterocycles. The number of benzene rings is 2. The molecule has 0 spiro atoms. The normalized spacial score (nSPS) is 11.8. The van der Waals surface area contributed by atoms with Crippen LogP contribution in [0.5, 0.6) is 5.75 Å². The highest BCUT2D eigenvalue weighted by Crippen LogP contribution is 2.21. The largest absolute Gasteiger partial charge is 0.493 e. The Hall–Kier alpha value is -2.20. The molecule has 0 aliphatic carbocycles. The zero-order valence-electron chi connectivity index (χ0n) is 13.6. The van der Waals surface area contributed by atoms with E-state index in [1.807, 2.05) is 54.6 Å². The molecule has 0 unspecified atom stereocenters. The van der Waals surface area contributed by atoms with Crippen LogP contribution in [0.3, 0.4) is 0 Å². The number of nitrogens with zero attached hydrogens (tertiary/aromatic N) is 3. The summed E-state index contributed by atoms with van der Waals surface area (Å²) in [6.45, 7) is 1.84. The van der Waals surface area contributed by atoms with E-state index >= 15 is 0 Å². The Morgan fingerprint density at radius 2 is 1.41 bits per heavy atom. The van der Waals surface area contributed by atoms with Crippen LogP contribution in [-0.4, -0.2) is 38.8 Å². The van der Waals surface area contributed by atoms with Crippen LogP contribution in [0.15, 0.2) is 64.8 Å². The molecule has 0 N–H and O–H groups in total. The van der Waals surface area contributed by atoms with Crippen LogP contribution < -0.4 is 4.74 Å². The summed E-state index contributed by atoms with van der Waals surface area (Å²) in [5, 5.41) is 8.40. The zero-order valence-corrected chi connectivity index (χ0v) is 13.6. The second-order valence-electron chi connectivity index (χ2n) is 6.25. The Bertz CT molecular complexity index is 586. The summed E-state index contributed by atoms with van der Waals surface area (Å²) in [6.07, 6.45) is 1.04. The lowest BCUT2D eigenvalue weighted by Gasteiger charge is -2.23. The maximum absolute atomic E-state index is 5.74. The lowest BCUT2D eigenvalue weighted by molar-refractivity contribution is -0.870. The van der Waals surface area contributed by atoms with Crippen LogP contribution in [0, 0.1) is 0 Å². The van der Waals surface area contributed by atoms with Gasteiger partial charge in [-0.3, -0.25) is 0 Å². The number of ether oxygens (including phenoxy) is 1. The van der Waals surface area contributed by atoms with Gasteiger partial charge in [-0.15, -0.1) is 0 Å². The van der Waals surface area contributed by atoms with Crippen molar-refractivity contribution in [2.75, 3.05) is 34.3 Å². The minimum Gasteiger partial charge on any atom is -0.493 e. The smallest absolute Gasteiger partial charge is 0.119 e. The van der Waals surface area contributed by atoms with Gasteiger partial charge in [-0.1, -0.05) is 18.2 Å². The molecule has 0 radical (unpaired) electrons. The summed E-state index contributed by atoms with van der Waals surface area (Å²) in [7, 11) is 6.56. The maximum Gasteiger partial charge on any atom is 0.119 e. The summed E-state index contributed by atoms with van der Waals surface area (Å²) in [4.78, 5) is 0. The van der Waals surface area contributed by atoms with Gasteiger partial charge in [0.2, 0.25) is 0 Å². The van der Waals surface area contributed by atoms with Crippen molar-refractivity contribution in [2.24, 2.45) is 10.2 Å². The van der Waals surface area contributed by atoms with Gasteiger partial charge in [-0.2, -0.15) is 10.2 Å². The molecule has 0 heterocycles. The fourth-order valence-corrected chi connectivity index (χ4v) is 1.95. The minimum atomic E-state index is 0.737. The standard InChI is InChI=1S/C18H24N3O/c1-21(2,3)14-7-15-22-18-12-10-17(11-13-18)20-19-16-8-5-4-6-9-16/h4-6,8-13H,7,14-15H2,1-3H3/q+1. The van der Waals surface area contributed by atoms with Crippen LogP contribution in [0.2, 0.25) is 0 Å². The molecule has 0 amide bonds. The van der Waals surface area contributed by atoms with Gasteiger partial charge in [0.1, 0.15) is 5.75 Å². The third-order valence-corrected chi connectivity index (χ3v) is 3.12. The van der Waals surface area contributed by atoms with Gasteiger partial charge in [0, 0.05) is 6.42 Å². The predicted molar refractivity (Wildman–Crippen MR) is 90.1 cm³/mol. The van der Waals surface area contributed by atoms with Gasteiger partial charge in [-0.05, 0) is 36.4 Å². The van der Waals surface area contributed by atoms with Crippen LogP contribution in [0.25, 0.3) is 0 Å². The fourth-order valence-electron chi connectivity index (χ4n) is 1.95. The summed E-state index contributed by atoms with van der Waals surface area (Å²) < 4.78 is 6.70. The number of quaternary nitrogens is 1. The maximum atomic E-state index is 5.74. The summed E-state index contributed by atoms with van der Waals surface area (Å²) in [6, 6.07) is 17.4. The Balaban J connectivity index is 1.82. The first-order valence-electron chi connectivity index (χ1n) is 7.53. The molecule has 22 heavy (non-hydrogen) atoms. The highest BCUT2D eigenvalue weighted by Gasteiger charge is 2.05. The molecule has 4 nitrogen and oxygen atoms in total. The van der Waals surface area contributed by atoms with Crippen molar-refractivity contribution in [3.63, 3.8) is 0 Å². The molecule has 2 aromatic carbocycles. The lowest BCUT2D eigenvalue weighted by Crippen LogP contribution is -2.35. The summed E-state index contributed by atoms with van der Waals surface area (Å²) >= 11 is 0. The molecule has 2 aromatic rings. The highest BCUT2D eigenvalue weighted by atomic mass is 16.5. The van der Waals surface area contributed by atoms with Crippen LogP contribution >= 0.6 is 0 Å². The molecule has 4 heteroatoms. The van der Waals surface area contributed by atoms with E-state index in [9.17, 15) is 0 Å². The Morgan fingerprint density at radius 3 is 2.00 bits per heavy atom. The summed E-state index contributed by atoms with van der Waals surface area (Å²) in [5.74, 6) is 0.875. The summed E-state index contributed by atoms with van der Waals surface area (Å²) in [5.41, 5.74) is 1.67. The molecular formula is C18H24N3O+. The van der Waals surface area contributed by atoms with E-state index in [2.05, 4.69) is 31.4 Å². The molecule has 0 aliphatic heterocycles. The van der Waals surface area contributed by atoms with Crippen molar-refractivity contribution in [3.05, 3.63) is 54.6 Å². The first-order chi connectivity index (χ1) is 10.5. The second-order valence-corrected chi connectivity index (χ2v) is 6.25.